The SMILES string of the molecule is Cc1ccc(OCc2sccc2Br)c(C(C)(C)C)c1. The molecule has 0 fully saturated rings. The molecule has 0 aliphatic heterocycles. The standard InChI is InChI=1S/C16H19BrOS/c1-11-5-6-14(12(9-11)16(2,3)4)18-10-15-13(17)7-8-19-15/h5-9H,10H2,1-4H3. The zero-order valence-corrected chi connectivity index (χ0v) is 14.2. The van der Waals surface area contributed by atoms with Crippen LogP contribution < -0.4 is 4.74 Å². The summed E-state index contributed by atoms with van der Waals surface area (Å²) in [5.74, 6) is 0.985. The quantitative estimate of drug-likeness (QED) is 0.697. The summed E-state index contributed by atoms with van der Waals surface area (Å²) in [4.78, 5) is 1.22. The highest BCUT2D eigenvalue weighted by Gasteiger charge is 2.19. The molecule has 2 rings (SSSR count). The third-order valence-corrected chi connectivity index (χ3v) is 4.89. The third kappa shape index (κ3) is 3.61. The fourth-order valence-corrected chi connectivity index (χ4v) is 3.31. The van der Waals surface area contributed by atoms with Crippen LogP contribution in [0.15, 0.2) is 34.1 Å². The molecule has 0 aliphatic rings. The molecule has 0 amide bonds. The molecule has 1 aromatic heterocycles. The Morgan fingerprint density at radius 1 is 1.21 bits per heavy atom. The van der Waals surface area contributed by atoms with Crippen molar-refractivity contribution in [3.8, 4) is 5.75 Å². The number of aryl methyl sites for hydroxylation is 1. The Morgan fingerprint density at radius 3 is 2.53 bits per heavy atom. The maximum absolute atomic E-state index is 6.02. The summed E-state index contributed by atoms with van der Waals surface area (Å²) >= 11 is 5.25. The molecule has 1 heterocycles. The van der Waals surface area contributed by atoms with Gasteiger partial charge in [-0.1, -0.05) is 38.5 Å². The molecule has 0 atom stereocenters. The molecular formula is C16H19BrOS. The van der Waals surface area contributed by atoms with Gasteiger partial charge in [-0.3, -0.25) is 0 Å². The smallest absolute Gasteiger partial charge is 0.124 e. The van der Waals surface area contributed by atoms with Gasteiger partial charge in [0.25, 0.3) is 0 Å². The first-order valence-electron chi connectivity index (χ1n) is 6.34. The van der Waals surface area contributed by atoms with Crippen LogP contribution in [0.3, 0.4) is 0 Å². The van der Waals surface area contributed by atoms with E-state index in [2.05, 4.69) is 73.3 Å². The van der Waals surface area contributed by atoms with Crippen LogP contribution in [0.4, 0.5) is 0 Å². The normalized spacial score (nSPS) is 11.6. The van der Waals surface area contributed by atoms with Crippen LogP contribution in [0.2, 0.25) is 0 Å². The molecule has 0 unspecified atom stereocenters. The fourth-order valence-electron chi connectivity index (χ4n) is 1.93. The van der Waals surface area contributed by atoms with E-state index >= 15 is 0 Å². The van der Waals surface area contributed by atoms with E-state index in [1.807, 2.05) is 0 Å². The molecule has 0 saturated heterocycles. The van der Waals surface area contributed by atoms with E-state index in [4.69, 9.17) is 4.74 Å². The fraction of sp³-hybridized carbons (Fsp3) is 0.375. The van der Waals surface area contributed by atoms with Crippen molar-refractivity contribution in [1.29, 1.82) is 0 Å². The minimum atomic E-state index is 0.0913. The molecule has 0 N–H and O–H groups in total. The molecule has 19 heavy (non-hydrogen) atoms. The number of ether oxygens (including phenoxy) is 1. The topological polar surface area (TPSA) is 9.23 Å². The van der Waals surface area contributed by atoms with Crippen molar-refractivity contribution in [1.82, 2.24) is 0 Å². The molecule has 0 bridgehead atoms. The van der Waals surface area contributed by atoms with Crippen molar-refractivity contribution < 1.29 is 4.74 Å². The van der Waals surface area contributed by atoms with Crippen molar-refractivity contribution >= 4 is 27.3 Å². The molecule has 0 radical (unpaired) electrons. The molecule has 3 heteroatoms. The summed E-state index contributed by atoms with van der Waals surface area (Å²) in [5.41, 5.74) is 2.63. The van der Waals surface area contributed by atoms with Gasteiger partial charge < -0.3 is 4.74 Å². The van der Waals surface area contributed by atoms with Gasteiger partial charge in [0, 0.05) is 4.47 Å². The predicted octanol–water partition coefficient (Wildman–Crippen LogP) is 5.70. The van der Waals surface area contributed by atoms with E-state index in [1.165, 1.54) is 16.0 Å². The Kier molecular flexibility index (Phi) is 4.36. The van der Waals surface area contributed by atoms with Gasteiger partial charge in [-0.05, 0) is 51.3 Å². The van der Waals surface area contributed by atoms with Gasteiger partial charge in [-0.25, -0.2) is 0 Å². The average molecular weight is 339 g/mol. The van der Waals surface area contributed by atoms with Gasteiger partial charge in [0.2, 0.25) is 0 Å². The minimum absolute atomic E-state index is 0.0913. The Labute approximate surface area is 127 Å². The molecule has 0 spiro atoms. The average Bonchev–Trinajstić information content (AvgIpc) is 2.72. The largest absolute Gasteiger partial charge is 0.488 e. The number of hydrogen-bond acceptors (Lipinski definition) is 2. The van der Waals surface area contributed by atoms with E-state index < -0.39 is 0 Å². The first kappa shape index (κ1) is 14.6. The number of halogens is 1. The Bertz CT molecular complexity index is 566. The van der Waals surface area contributed by atoms with Gasteiger partial charge in [-0.15, -0.1) is 11.3 Å². The number of hydrogen-bond donors (Lipinski definition) is 0. The van der Waals surface area contributed by atoms with E-state index in [9.17, 15) is 0 Å². The van der Waals surface area contributed by atoms with Crippen LogP contribution >= 0.6 is 27.3 Å². The lowest BCUT2D eigenvalue weighted by Gasteiger charge is -2.23. The van der Waals surface area contributed by atoms with Crippen LogP contribution in [-0.4, -0.2) is 0 Å². The molecule has 1 aromatic carbocycles. The minimum Gasteiger partial charge on any atom is -0.488 e. The van der Waals surface area contributed by atoms with Gasteiger partial charge in [0.05, 0.1) is 4.88 Å². The summed E-state index contributed by atoms with van der Waals surface area (Å²) in [6.07, 6.45) is 0. The lowest BCUT2D eigenvalue weighted by molar-refractivity contribution is 0.300. The molecule has 102 valence electrons. The number of rotatable bonds is 3. The maximum Gasteiger partial charge on any atom is 0.124 e. The molecule has 2 aromatic rings. The summed E-state index contributed by atoms with van der Waals surface area (Å²) in [5, 5.41) is 2.07. The monoisotopic (exact) mass is 338 g/mol. The van der Waals surface area contributed by atoms with Crippen molar-refractivity contribution in [2.75, 3.05) is 0 Å². The van der Waals surface area contributed by atoms with Crippen LogP contribution in [0.5, 0.6) is 5.75 Å². The van der Waals surface area contributed by atoms with Crippen molar-refractivity contribution in [3.63, 3.8) is 0 Å². The molecule has 0 aliphatic carbocycles. The van der Waals surface area contributed by atoms with Gasteiger partial charge in [-0.2, -0.15) is 0 Å². The molecular weight excluding hydrogens is 320 g/mol. The Hall–Kier alpha value is -0.800. The summed E-state index contributed by atoms with van der Waals surface area (Å²) < 4.78 is 7.15. The Balaban J connectivity index is 2.23. The van der Waals surface area contributed by atoms with Crippen molar-refractivity contribution in [2.45, 2.75) is 39.7 Å². The van der Waals surface area contributed by atoms with E-state index in [1.54, 1.807) is 11.3 Å². The zero-order chi connectivity index (χ0) is 14.0. The number of thiophene rings is 1. The summed E-state index contributed by atoms with van der Waals surface area (Å²) in [6, 6.07) is 8.47. The second-order valence-electron chi connectivity index (χ2n) is 5.73. The lowest BCUT2D eigenvalue weighted by Crippen LogP contribution is -2.13. The van der Waals surface area contributed by atoms with E-state index in [0.717, 1.165) is 10.2 Å². The summed E-state index contributed by atoms with van der Waals surface area (Å²) in [6.45, 7) is 9.39. The maximum atomic E-state index is 6.02. The highest BCUT2D eigenvalue weighted by atomic mass is 79.9. The van der Waals surface area contributed by atoms with Gasteiger partial charge >= 0.3 is 0 Å². The second-order valence-corrected chi connectivity index (χ2v) is 7.59. The van der Waals surface area contributed by atoms with E-state index in [-0.39, 0.29) is 5.41 Å². The van der Waals surface area contributed by atoms with Crippen molar-refractivity contribution in [2.24, 2.45) is 0 Å². The lowest BCUT2D eigenvalue weighted by atomic mass is 9.85. The zero-order valence-electron chi connectivity index (χ0n) is 11.8. The van der Waals surface area contributed by atoms with E-state index in [0.29, 0.717) is 6.61 Å². The van der Waals surface area contributed by atoms with Gasteiger partial charge in [0.15, 0.2) is 0 Å². The summed E-state index contributed by atoms with van der Waals surface area (Å²) in [7, 11) is 0. The van der Waals surface area contributed by atoms with Crippen LogP contribution in [0.25, 0.3) is 0 Å². The third-order valence-electron chi connectivity index (χ3n) is 2.99. The Morgan fingerprint density at radius 2 is 1.95 bits per heavy atom. The second kappa shape index (κ2) is 5.68. The molecule has 1 nitrogen and oxygen atoms in total. The highest BCUT2D eigenvalue weighted by Crippen LogP contribution is 2.33. The van der Waals surface area contributed by atoms with Crippen LogP contribution in [-0.2, 0) is 12.0 Å². The van der Waals surface area contributed by atoms with Gasteiger partial charge in [0.1, 0.15) is 12.4 Å². The highest BCUT2D eigenvalue weighted by molar-refractivity contribution is 9.10. The first-order valence-corrected chi connectivity index (χ1v) is 8.01. The number of benzene rings is 1. The predicted molar refractivity (Wildman–Crippen MR) is 86.2 cm³/mol. The molecule has 0 saturated carbocycles. The van der Waals surface area contributed by atoms with Crippen LogP contribution in [0.1, 0.15) is 36.8 Å². The first-order chi connectivity index (χ1) is 8.88. The van der Waals surface area contributed by atoms with Crippen molar-refractivity contribution in [3.05, 3.63) is 50.1 Å². The van der Waals surface area contributed by atoms with Crippen LogP contribution in [0, 0.1) is 6.92 Å².